The molecular formula is C24H24FN7O2. The van der Waals surface area contributed by atoms with Gasteiger partial charge < -0.3 is 20.4 Å². The van der Waals surface area contributed by atoms with Crippen LogP contribution in [0.15, 0.2) is 49.1 Å². The maximum Gasteiger partial charge on any atom is 0.227 e. The predicted molar refractivity (Wildman–Crippen MR) is 126 cm³/mol. The molecule has 3 heterocycles. The molecule has 0 radical (unpaired) electrons. The third kappa shape index (κ3) is 4.14. The molecule has 1 aliphatic rings. The lowest BCUT2D eigenvalue weighted by molar-refractivity contribution is -0.120. The van der Waals surface area contributed by atoms with Gasteiger partial charge in [0.25, 0.3) is 0 Å². The minimum atomic E-state index is -0.519. The number of fused-ring (bicyclic) bond motifs is 1. The van der Waals surface area contributed by atoms with Gasteiger partial charge in [-0.1, -0.05) is 6.07 Å². The highest BCUT2D eigenvalue weighted by molar-refractivity contribution is 5.92. The minimum absolute atomic E-state index is 0.00390. The summed E-state index contributed by atoms with van der Waals surface area (Å²) in [5.74, 6) is 0.484. The molecule has 0 spiro atoms. The van der Waals surface area contributed by atoms with Gasteiger partial charge in [-0.25, -0.2) is 19.3 Å². The number of carbonyl (C=O) groups is 1. The van der Waals surface area contributed by atoms with Crippen molar-refractivity contribution in [2.45, 2.75) is 31.7 Å². The highest BCUT2D eigenvalue weighted by atomic mass is 19.1. The van der Waals surface area contributed by atoms with E-state index >= 15 is 0 Å². The summed E-state index contributed by atoms with van der Waals surface area (Å²) in [6, 6.07) is 8.94. The van der Waals surface area contributed by atoms with E-state index in [2.05, 4.69) is 25.3 Å². The molecule has 0 aliphatic heterocycles. The van der Waals surface area contributed by atoms with Crippen molar-refractivity contribution in [2.75, 3.05) is 18.2 Å². The Labute approximate surface area is 195 Å². The Morgan fingerprint density at radius 2 is 2.03 bits per heavy atom. The number of hydrogen-bond acceptors (Lipinski definition) is 7. The number of nitrogens with two attached hydrogens (primary N) is 1. The molecule has 3 aromatic heterocycles. The molecule has 0 unspecified atom stereocenters. The average molecular weight is 462 g/mol. The van der Waals surface area contributed by atoms with Gasteiger partial charge in [-0.3, -0.25) is 9.78 Å². The molecule has 0 atom stereocenters. The number of aromatic nitrogens is 5. The van der Waals surface area contributed by atoms with Gasteiger partial charge in [0.05, 0.1) is 25.2 Å². The lowest BCUT2D eigenvalue weighted by Crippen LogP contribution is -2.28. The molecular weight excluding hydrogens is 437 g/mol. The van der Waals surface area contributed by atoms with E-state index in [1.807, 2.05) is 22.8 Å². The second-order valence-electron chi connectivity index (χ2n) is 8.34. The highest BCUT2D eigenvalue weighted by Gasteiger charge is 2.29. The van der Waals surface area contributed by atoms with Crippen molar-refractivity contribution < 1.29 is 13.9 Å². The van der Waals surface area contributed by atoms with Crippen molar-refractivity contribution in [3.63, 3.8) is 0 Å². The Bertz CT molecular complexity index is 1350. The number of halogens is 1. The summed E-state index contributed by atoms with van der Waals surface area (Å²) >= 11 is 0. The Morgan fingerprint density at radius 1 is 1.21 bits per heavy atom. The Hall–Kier alpha value is -4.08. The maximum absolute atomic E-state index is 14.3. The first-order valence-electron chi connectivity index (χ1n) is 11.1. The monoisotopic (exact) mass is 461 g/mol. The van der Waals surface area contributed by atoms with Crippen LogP contribution in [0.1, 0.15) is 31.7 Å². The van der Waals surface area contributed by atoms with Crippen molar-refractivity contribution in [3.05, 3.63) is 54.9 Å². The van der Waals surface area contributed by atoms with Crippen LogP contribution in [-0.2, 0) is 4.79 Å². The summed E-state index contributed by atoms with van der Waals surface area (Å²) in [4.78, 5) is 29.8. The quantitative estimate of drug-likeness (QED) is 0.461. The summed E-state index contributed by atoms with van der Waals surface area (Å²) < 4.78 is 21.4. The number of benzene rings is 1. The van der Waals surface area contributed by atoms with E-state index in [9.17, 15) is 9.18 Å². The fourth-order valence-electron chi connectivity index (χ4n) is 4.44. The second-order valence-corrected chi connectivity index (χ2v) is 8.34. The molecule has 1 aliphatic carbocycles. The number of nitrogens with zero attached hydrogens (tertiary/aromatic N) is 5. The highest BCUT2D eigenvalue weighted by Crippen LogP contribution is 2.35. The largest absolute Gasteiger partial charge is 0.497 e. The van der Waals surface area contributed by atoms with E-state index in [4.69, 9.17) is 10.5 Å². The van der Waals surface area contributed by atoms with Gasteiger partial charge in [0.15, 0.2) is 23.1 Å². The Balaban J connectivity index is 1.33. The van der Waals surface area contributed by atoms with E-state index in [-0.39, 0.29) is 35.1 Å². The molecule has 0 bridgehead atoms. The molecule has 3 N–H and O–H groups in total. The zero-order chi connectivity index (χ0) is 23.7. The number of ether oxygens (including phenoxy) is 1. The predicted octanol–water partition coefficient (Wildman–Crippen LogP) is 3.99. The number of imidazole rings is 1. The number of anilines is 2. The molecule has 10 heteroatoms. The Kier molecular flexibility index (Phi) is 5.79. The fourth-order valence-corrected chi connectivity index (χ4v) is 4.44. The van der Waals surface area contributed by atoms with Gasteiger partial charge in [0, 0.05) is 29.9 Å². The summed E-state index contributed by atoms with van der Waals surface area (Å²) in [6.07, 6.45) is 7.32. The topological polar surface area (TPSA) is 121 Å². The van der Waals surface area contributed by atoms with Gasteiger partial charge in [-0.05, 0) is 43.9 Å². The molecule has 5 rings (SSSR count). The number of amides is 1. The lowest BCUT2D eigenvalue weighted by atomic mass is 9.85. The molecule has 1 saturated carbocycles. The van der Waals surface area contributed by atoms with Crippen LogP contribution in [0, 0.1) is 11.7 Å². The number of hydrogen-bond donors (Lipinski definition) is 2. The van der Waals surface area contributed by atoms with E-state index < -0.39 is 5.82 Å². The zero-order valence-electron chi connectivity index (χ0n) is 18.6. The molecule has 34 heavy (non-hydrogen) atoms. The standard InChI is InChI=1S/C24H24FN7O2/c1-34-17-4-2-3-15(11-17)29-24(33)14-5-7-16(8-6-14)32-13-28-20-21(26)30-22(31-23(20)32)18-9-10-27-12-19(18)25/h2-4,9-14,16H,5-8H2,1H3,(H,29,33)(H2,26,30,31). The van der Waals surface area contributed by atoms with E-state index in [1.54, 1.807) is 19.5 Å². The van der Waals surface area contributed by atoms with Crippen LogP contribution >= 0.6 is 0 Å². The van der Waals surface area contributed by atoms with Crippen molar-refractivity contribution in [1.82, 2.24) is 24.5 Å². The smallest absolute Gasteiger partial charge is 0.227 e. The number of pyridine rings is 1. The van der Waals surface area contributed by atoms with E-state index in [0.717, 1.165) is 37.6 Å². The fraction of sp³-hybridized carbons (Fsp3) is 0.292. The van der Waals surface area contributed by atoms with Crippen LogP contribution in [0.5, 0.6) is 5.75 Å². The number of nitrogens with one attached hydrogen (secondary N) is 1. The summed E-state index contributed by atoms with van der Waals surface area (Å²) in [5, 5.41) is 2.99. The van der Waals surface area contributed by atoms with E-state index in [0.29, 0.717) is 16.9 Å². The van der Waals surface area contributed by atoms with Gasteiger partial charge in [-0.15, -0.1) is 0 Å². The van der Waals surface area contributed by atoms with Gasteiger partial charge in [-0.2, -0.15) is 0 Å². The van der Waals surface area contributed by atoms with Crippen LogP contribution in [0.25, 0.3) is 22.6 Å². The second kappa shape index (κ2) is 9.05. The SMILES string of the molecule is COc1cccc(NC(=O)C2CCC(n3cnc4c(N)nc(-c5ccncc5F)nc43)CC2)c1. The average Bonchev–Trinajstić information content (AvgIpc) is 3.29. The number of nitrogen functional groups attached to an aromatic ring is 1. The number of methoxy groups -OCH3 is 1. The van der Waals surface area contributed by atoms with Crippen molar-refractivity contribution in [1.29, 1.82) is 0 Å². The minimum Gasteiger partial charge on any atom is -0.497 e. The van der Waals surface area contributed by atoms with Crippen molar-refractivity contribution >= 4 is 28.6 Å². The van der Waals surface area contributed by atoms with Crippen molar-refractivity contribution in [2.24, 2.45) is 5.92 Å². The molecule has 0 saturated heterocycles. The molecule has 174 valence electrons. The van der Waals surface area contributed by atoms with E-state index in [1.165, 1.54) is 12.3 Å². The number of carbonyl (C=O) groups excluding carboxylic acids is 1. The third-order valence-electron chi connectivity index (χ3n) is 6.26. The van der Waals surface area contributed by atoms with Crippen LogP contribution in [0.4, 0.5) is 15.9 Å². The lowest BCUT2D eigenvalue weighted by Gasteiger charge is -2.28. The van der Waals surface area contributed by atoms with Crippen LogP contribution in [0.2, 0.25) is 0 Å². The first kappa shape index (κ1) is 21.7. The van der Waals surface area contributed by atoms with Crippen LogP contribution < -0.4 is 15.8 Å². The summed E-state index contributed by atoms with van der Waals surface area (Å²) in [5.41, 5.74) is 8.11. The first-order valence-corrected chi connectivity index (χ1v) is 11.1. The van der Waals surface area contributed by atoms with Gasteiger partial charge in [0.2, 0.25) is 5.91 Å². The van der Waals surface area contributed by atoms with Gasteiger partial charge in [0.1, 0.15) is 11.3 Å². The summed E-state index contributed by atoms with van der Waals surface area (Å²) in [7, 11) is 1.59. The maximum atomic E-state index is 14.3. The molecule has 4 aromatic rings. The molecule has 1 amide bonds. The summed E-state index contributed by atoms with van der Waals surface area (Å²) in [6.45, 7) is 0. The molecule has 1 fully saturated rings. The van der Waals surface area contributed by atoms with Crippen LogP contribution in [0.3, 0.4) is 0 Å². The molecule has 1 aromatic carbocycles. The third-order valence-corrected chi connectivity index (χ3v) is 6.26. The van der Waals surface area contributed by atoms with Crippen molar-refractivity contribution in [3.8, 4) is 17.1 Å². The van der Waals surface area contributed by atoms with Crippen LogP contribution in [-0.4, -0.2) is 37.5 Å². The number of rotatable bonds is 5. The van der Waals surface area contributed by atoms with Gasteiger partial charge >= 0.3 is 0 Å². The zero-order valence-corrected chi connectivity index (χ0v) is 18.6. The molecule has 9 nitrogen and oxygen atoms in total. The normalized spacial score (nSPS) is 18.1. The first-order chi connectivity index (χ1) is 16.5. The Morgan fingerprint density at radius 3 is 2.79 bits per heavy atom.